The van der Waals surface area contributed by atoms with E-state index in [2.05, 4.69) is 0 Å². The molecule has 0 amide bonds. The third-order valence-corrected chi connectivity index (χ3v) is 3.25. The van der Waals surface area contributed by atoms with Crippen LogP contribution in [-0.4, -0.2) is 30.6 Å². The van der Waals surface area contributed by atoms with E-state index >= 15 is 0 Å². The van der Waals surface area contributed by atoms with Gasteiger partial charge in [-0.2, -0.15) is 0 Å². The fraction of sp³-hybridized carbons (Fsp3) is 0.533. The molecule has 0 saturated heterocycles. The van der Waals surface area contributed by atoms with Crippen LogP contribution in [0.1, 0.15) is 38.8 Å². The number of benzene rings is 1. The van der Waals surface area contributed by atoms with E-state index in [0.717, 1.165) is 0 Å². The molecule has 0 aliphatic carbocycles. The van der Waals surface area contributed by atoms with Crippen molar-refractivity contribution in [2.24, 2.45) is 0 Å². The Hall–Kier alpha value is -1.49. The molecule has 1 aromatic carbocycles. The van der Waals surface area contributed by atoms with Crippen LogP contribution < -0.4 is 0 Å². The monoisotopic (exact) mass is 285 g/mol. The summed E-state index contributed by atoms with van der Waals surface area (Å²) >= 11 is 0. The summed E-state index contributed by atoms with van der Waals surface area (Å²) in [7, 11) is 0. The molecule has 0 fully saturated rings. The van der Waals surface area contributed by atoms with Crippen molar-refractivity contribution in [1.82, 2.24) is 4.90 Å². The SMILES string of the molecule is CCOC(=O)CC(c1c(F)cccc1F)N(CC)CC. The number of carbonyl (C=O) groups excluding carboxylic acids is 1. The average molecular weight is 285 g/mol. The van der Waals surface area contributed by atoms with Gasteiger partial charge in [0.25, 0.3) is 0 Å². The highest BCUT2D eigenvalue weighted by Crippen LogP contribution is 2.29. The predicted molar refractivity (Wildman–Crippen MR) is 73.3 cm³/mol. The Labute approximate surface area is 118 Å². The van der Waals surface area contributed by atoms with Crippen molar-refractivity contribution in [3.8, 4) is 0 Å². The molecule has 0 spiro atoms. The van der Waals surface area contributed by atoms with Gasteiger partial charge in [0.2, 0.25) is 0 Å². The van der Waals surface area contributed by atoms with Crippen LogP contribution in [0.15, 0.2) is 18.2 Å². The molecule has 20 heavy (non-hydrogen) atoms. The van der Waals surface area contributed by atoms with E-state index < -0.39 is 23.6 Å². The number of ether oxygens (including phenoxy) is 1. The molecule has 1 rings (SSSR count). The Balaban J connectivity index is 3.12. The summed E-state index contributed by atoms with van der Waals surface area (Å²) < 4.78 is 32.8. The van der Waals surface area contributed by atoms with Crippen LogP contribution in [0.4, 0.5) is 8.78 Å². The Morgan fingerprint density at radius 3 is 2.20 bits per heavy atom. The fourth-order valence-electron chi connectivity index (χ4n) is 2.28. The highest BCUT2D eigenvalue weighted by Gasteiger charge is 2.27. The summed E-state index contributed by atoms with van der Waals surface area (Å²) in [5.41, 5.74) is -0.0655. The van der Waals surface area contributed by atoms with Crippen LogP contribution in [0.2, 0.25) is 0 Å². The summed E-state index contributed by atoms with van der Waals surface area (Å²) in [6, 6.07) is 3.09. The van der Waals surface area contributed by atoms with E-state index in [1.165, 1.54) is 18.2 Å². The van der Waals surface area contributed by atoms with E-state index in [0.29, 0.717) is 13.1 Å². The number of rotatable bonds is 7. The lowest BCUT2D eigenvalue weighted by atomic mass is 10.0. The average Bonchev–Trinajstić information content (AvgIpc) is 2.39. The molecule has 0 bridgehead atoms. The van der Waals surface area contributed by atoms with Crippen LogP contribution in [0.5, 0.6) is 0 Å². The van der Waals surface area contributed by atoms with Gasteiger partial charge in [-0.25, -0.2) is 8.78 Å². The standard InChI is InChI=1S/C15H21F2NO2/c1-4-18(5-2)13(10-14(19)20-6-3)15-11(16)8-7-9-12(15)17/h7-9,13H,4-6,10H2,1-3H3. The van der Waals surface area contributed by atoms with Crippen molar-refractivity contribution in [3.63, 3.8) is 0 Å². The molecule has 0 aliphatic heterocycles. The zero-order valence-electron chi connectivity index (χ0n) is 12.2. The smallest absolute Gasteiger partial charge is 0.307 e. The van der Waals surface area contributed by atoms with Gasteiger partial charge in [0, 0.05) is 5.56 Å². The van der Waals surface area contributed by atoms with Gasteiger partial charge in [0.15, 0.2) is 0 Å². The zero-order chi connectivity index (χ0) is 15.1. The highest BCUT2D eigenvalue weighted by atomic mass is 19.1. The first-order valence-electron chi connectivity index (χ1n) is 6.88. The first kappa shape index (κ1) is 16.6. The second-order valence-electron chi connectivity index (χ2n) is 4.38. The number of hydrogen-bond donors (Lipinski definition) is 0. The topological polar surface area (TPSA) is 29.5 Å². The molecular formula is C15H21F2NO2. The van der Waals surface area contributed by atoms with E-state index in [4.69, 9.17) is 4.74 Å². The lowest BCUT2D eigenvalue weighted by Crippen LogP contribution is -2.32. The van der Waals surface area contributed by atoms with Gasteiger partial charge in [-0.15, -0.1) is 0 Å². The molecule has 1 aromatic rings. The van der Waals surface area contributed by atoms with Gasteiger partial charge in [0.05, 0.1) is 19.1 Å². The van der Waals surface area contributed by atoms with Crippen molar-refractivity contribution in [1.29, 1.82) is 0 Å². The normalized spacial score (nSPS) is 12.5. The molecule has 1 unspecified atom stereocenters. The first-order chi connectivity index (χ1) is 9.54. The number of hydrogen-bond acceptors (Lipinski definition) is 3. The third-order valence-electron chi connectivity index (χ3n) is 3.25. The minimum Gasteiger partial charge on any atom is -0.466 e. The second-order valence-corrected chi connectivity index (χ2v) is 4.38. The molecule has 0 saturated carbocycles. The fourth-order valence-corrected chi connectivity index (χ4v) is 2.28. The maximum atomic E-state index is 14.0. The van der Waals surface area contributed by atoms with Crippen molar-refractivity contribution in [2.75, 3.05) is 19.7 Å². The van der Waals surface area contributed by atoms with E-state index in [9.17, 15) is 13.6 Å². The van der Waals surface area contributed by atoms with E-state index in [1.807, 2.05) is 18.7 Å². The Bertz CT molecular complexity index is 427. The van der Waals surface area contributed by atoms with E-state index in [-0.39, 0.29) is 18.6 Å². The second kappa shape index (κ2) is 7.94. The first-order valence-corrected chi connectivity index (χ1v) is 6.88. The molecule has 112 valence electrons. The molecule has 3 nitrogen and oxygen atoms in total. The maximum Gasteiger partial charge on any atom is 0.307 e. The third kappa shape index (κ3) is 4.00. The quantitative estimate of drug-likeness (QED) is 0.720. The van der Waals surface area contributed by atoms with Crippen LogP contribution in [0.25, 0.3) is 0 Å². The Morgan fingerprint density at radius 1 is 1.20 bits per heavy atom. The van der Waals surface area contributed by atoms with Crippen LogP contribution in [0, 0.1) is 11.6 Å². The Morgan fingerprint density at radius 2 is 1.75 bits per heavy atom. The van der Waals surface area contributed by atoms with Gasteiger partial charge < -0.3 is 4.74 Å². The summed E-state index contributed by atoms with van der Waals surface area (Å²) in [6.07, 6.45) is -0.0621. The number of carbonyl (C=O) groups is 1. The lowest BCUT2D eigenvalue weighted by Gasteiger charge is -2.29. The largest absolute Gasteiger partial charge is 0.466 e. The minimum atomic E-state index is -0.648. The van der Waals surface area contributed by atoms with Crippen molar-refractivity contribution in [2.45, 2.75) is 33.2 Å². The van der Waals surface area contributed by atoms with Crippen molar-refractivity contribution in [3.05, 3.63) is 35.4 Å². The number of esters is 1. The molecule has 5 heteroatoms. The van der Waals surface area contributed by atoms with Gasteiger partial charge in [-0.05, 0) is 32.1 Å². The van der Waals surface area contributed by atoms with Gasteiger partial charge in [-0.3, -0.25) is 9.69 Å². The summed E-state index contributed by atoms with van der Waals surface area (Å²) in [5, 5.41) is 0. The highest BCUT2D eigenvalue weighted by molar-refractivity contribution is 5.70. The predicted octanol–water partition coefficient (Wildman–Crippen LogP) is 3.30. The van der Waals surface area contributed by atoms with E-state index in [1.54, 1.807) is 6.92 Å². The molecule has 1 atom stereocenters. The lowest BCUT2D eigenvalue weighted by molar-refractivity contribution is -0.144. The molecule has 0 heterocycles. The molecule has 0 aromatic heterocycles. The molecule has 0 radical (unpaired) electrons. The van der Waals surface area contributed by atoms with Crippen LogP contribution in [-0.2, 0) is 9.53 Å². The number of nitrogens with zero attached hydrogens (tertiary/aromatic N) is 1. The van der Waals surface area contributed by atoms with Gasteiger partial charge in [-0.1, -0.05) is 19.9 Å². The van der Waals surface area contributed by atoms with Crippen LogP contribution >= 0.6 is 0 Å². The molecular weight excluding hydrogens is 264 g/mol. The summed E-state index contributed by atoms with van der Waals surface area (Å²) in [4.78, 5) is 13.5. The van der Waals surface area contributed by atoms with Gasteiger partial charge >= 0.3 is 5.97 Å². The van der Waals surface area contributed by atoms with Gasteiger partial charge in [0.1, 0.15) is 11.6 Å². The minimum absolute atomic E-state index is 0.0621. The van der Waals surface area contributed by atoms with Crippen LogP contribution in [0.3, 0.4) is 0 Å². The summed E-state index contributed by atoms with van der Waals surface area (Å²) in [6.45, 7) is 6.92. The van der Waals surface area contributed by atoms with Crippen molar-refractivity contribution < 1.29 is 18.3 Å². The van der Waals surface area contributed by atoms with Crippen molar-refractivity contribution >= 4 is 5.97 Å². The maximum absolute atomic E-state index is 14.0. The molecule has 0 N–H and O–H groups in total. The summed E-state index contributed by atoms with van der Waals surface area (Å²) in [5.74, 6) is -1.72. The zero-order valence-corrected chi connectivity index (χ0v) is 12.2. The molecule has 0 aliphatic rings. The number of halogens is 2. The Kier molecular flexibility index (Phi) is 6.58.